The monoisotopic (exact) mass is 419 g/mol. The lowest BCUT2D eigenvalue weighted by Crippen LogP contribution is -2.52. The Bertz CT molecular complexity index is 969. The number of nitrogens with one attached hydrogen (secondary N) is 2. The minimum absolute atomic E-state index is 0.236. The maximum absolute atomic E-state index is 12.8. The number of sulfonamides is 1. The van der Waals surface area contributed by atoms with E-state index in [1.807, 2.05) is 30.3 Å². The molecular weight excluding hydrogens is 394 g/mol. The van der Waals surface area contributed by atoms with Crippen molar-refractivity contribution < 1.29 is 18.1 Å². The second-order valence-electron chi connectivity index (χ2n) is 7.69. The Kier molecular flexibility index (Phi) is 7.10. The molecule has 1 unspecified atom stereocenters. The van der Waals surface area contributed by atoms with Crippen LogP contribution in [0.3, 0.4) is 0 Å². The predicted octanol–water partition coefficient (Wildman–Crippen LogP) is 2.79. The van der Waals surface area contributed by atoms with E-state index in [4.69, 9.17) is 0 Å². The van der Waals surface area contributed by atoms with Gasteiger partial charge in [0.05, 0.1) is 9.82 Å². The van der Waals surface area contributed by atoms with Crippen LogP contribution in [0.1, 0.15) is 32.8 Å². The molecule has 0 aliphatic rings. The van der Waals surface area contributed by atoms with Crippen LogP contribution in [-0.2, 0) is 21.2 Å². The van der Waals surface area contributed by atoms with Crippen LogP contribution in [-0.4, -0.2) is 30.8 Å². The van der Waals surface area contributed by atoms with Gasteiger partial charge in [0.1, 0.15) is 6.04 Å². The second kappa shape index (κ2) is 9.15. The summed E-state index contributed by atoms with van der Waals surface area (Å²) < 4.78 is 28.0. The van der Waals surface area contributed by atoms with Crippen LogP contribution in [0.4, 0.5) is 5.69 Å². The van der Waals surface area contributed by atoms with Gasteiger partial charge in [-0.25, -0.2) is 8.42 Å². The lowest BCUT2D eigenvalue weighted by Gasteiger charge is -2.25. The predicted molar refractivity (Wildman–Crippen MR) is 110 cm³/mol. The summed E-state index contributed by atoms with van der Waals surface area (Å²) in [5, 5.41) is 13.7. The minimum Gasteiger partial charge on any atom is -0.350 e. The Morgan fingerprint density at radius 2 is 1.76 bits per heavy atom. The molecule has 1 atom stereocenters. The summed E-state index contributed by atoms with van der Waals surface area (Å²) in [4.78, 5) is 22.7. The van der Waals surface area contributed by atoms with Crippen molar-refractivity contribution in [3.8, 4) is 0 Å². The molecule has 156 valence electrons. The lowest BCUT2D eigenvalue weighted by molar-refractivity contribution is -0.385. The molecule has 0 radical (unpaired) electrons. The average Bonchev–Trinajstić information content (AvgIpc) is 2.64. The summed E-state index contributed by atoms with van der Waals surface area (Å²) in [5.74, 6) is -0.456. The molecule has 2 N–H and O–H groups in total. The average molecular weight is 420 g/mol. The first-order valence-corrected chi connectivity index (χ1v) is 10.6. The van der Waals surface area contributed by atoms with Crippen LogP contribution in [0.15, 0.2) is 59.5 Å². The van der Waals surface area contributed by atoms with Crippen molar-refractivity contribution in [1.29, 1.82) is 0 Å². The van der Waals surface area contributed by atoms with Crippen molar-refractivity contribution in [3.63, 3.8) is 0 Å². The fraction of sp³-hybridized carbons (Fsp3) is 0.350. The number of nitrogens with zero attached hydrogens (tertiary/aromatic N) is 1. The molecule has 0 aromatic heterocycles. The third-order valence-electron chi connectivity index (χ3n) is 4.02. The summed E-state index contributed by atoms with van der Waals surface area (Å²) in [7, 11) is -4.14. The first-order valence-electron chi connectivity index (χ1n) is 9.11. The number of benzene rings is 2. The van der Waals surface area contributed by atoms with Gasteiger partial charge in [0, 0.05) is 17.7 Å². The van der Waals surface area contributed by atoms with E-state index in [1.165, 1.54) is 18.2 Å². The van der Waals surface area contributed by atoms with Gasteiger partial charge in [-0.05, 0) is 45.2 Å². The smallest absolute Gasteiger partial charge is 0.270 e. The molecule has 2 rings (SSSR count). The van der Waals surface area contributed by atoms with Gasteiger partial charge in [-0.15, -0.1) is 0 Å². The van der Waals surface area contributed by atoms with E-state index in [-0.39, 0.29) is 17.0 Å². The van der Waals surface area contributed by atoms with E-state index in [0.29, 0.717) is 6.42 Å². The number of non-ortho nitro benzene ring substituents is 1. The lowest BCUT2D eigenvalue weighted by atomic mass is 10.0. The third kappa shape index (κ3) is 6.95. The number of rotatable bonds is 8. The molecule has 1 amide bonds. The number of hydrogen-bond acceptors (Lipinski definition) is 5. The zero-order chi connectivity index (χ0) is 21.7. The number of nitro groups is 1. The highest BCUT2D eigenvalue weighted by Gasteiger charge is 2.28. The Morgan fingerprint density at radius 1 is 1.10 bits per heavy atom. The summed E-state index contributed by atoms with van der Waals surface area (Å²) in [6.07, 6.45) is 0.723. The number of nitro benzene ring substituents is 1. The molecule has 29 heavy (non-hydrogen) atoms. The molecule has 0 spiro atoms. The molecule has 2 aromatic rings. The molecule has 0 fully saturated rings. The van der Waals surface area contributed by atoms with Gasteiger partial charge < -0.3 is 5.32 Å². The molecule has 2 aromatic carbocycles. The van der Waals surface area contributed by atoms with E-state index in [0.717, 1.165) is 11.6 Å². The van der Waals surface area contributed by atoms with Gasteiger partial charge in [-0.3, -0.25) is 14.9 Å². The van der Waals surface area contributed by atoms with Crippen molar-refractivity contribution in [2.45, 2.75) is 50.1 Å². The van der Waals surface area contributed by atoms with Crippen LogP contribution < -0.4 is 10.0 Å². The standard InChI is InChI=1S/C20H25N3O5S/c1-20(2,3)21-19(24)18(13-12-15-8-5-4-6-9-15)22-29(27,28)17-11-7-10-16(14-17)23(25)26/h4-11,14,18,22H,12-13H2,1-3H3,(H,21,24). The zero-order valence-corrected chi connectivity index (χ0v) is 17.4. The summed E-state index contributed by atoms with van der Waals surface area (Å²) in [5.41, 5.74) is 0.0856. The van der Waals surface area contributed by atoms with Crippen molar-refractivity contribution >= 4 is 21.6 Å². The van der Waals surface area contributed by atoms with Crippen LogP contribution >= 0.6 is 0 Å². The molecule has 9 heteroatoms. The van der Waals surface area contributed by atoms with Crippen LogP contribution in [0.5, 0.6) is 0 Å². The Hall–Kier alpha value is -2.78. The maximum atomic E-state index is 12.8. The first-order chi connectivity index (χ1) is 13.5. The SMILES string of the molecule is CC(C)(C)NC(=O)C(CCc1ccccc1)NS(=O)(=O)c1cccc([N+](=O)[O-])c1. The summed E-state index contributed by atoms with van der Waals surface area (Å²) in [6, 6.07) is 13.1. The van der Waals surface area contributed by atoms with Crippen molar-refractivity contribution in [2.75, 3.05) is 0 Å². The summed E-state index contributed by atoms with van der Waals surface area (Å²) >= 11 is 0. The molecule has 8 nitrogen and oxygen atoms in total. The van der Waals surface area contributed by atoms with Crippen LogP contribution in [0.2, 0.25) is 0 Å². The second-order valence-corrected chi connectivity index (χ2v) is 9.41. The fourth-order valence-corrected chi connectivity index (χ4v) is 3.94. The van der Waals surface area contributed by atoms with E-state index in [9.17, 15) is 23.3 Å². The number of aryl methyl sites for hydroxylation is 1. The molecule has 0 saturated carbocycles. The zero-order valence-electron chi connectivity index (χ0n) is 16.6. The number of amides is 1. The van der Waals surface area contributed by atoms with Gasteiger partial charge >= 0.3 is 0 Å². The molecule has 0 heterocycles. The molecule has 0 aliphatic carbocycles. The van der Waals surface area contributed by atoms with Gasteiger partial charge in [0.2, 0.25) is 15.9 Å². The van der Waals surface area contributed by atoms with Gasteiger partial charge in [-0.2, -0.15) is 4.72 Å². The fourth-order valence-electron chi connectivity index (χ4n) is 2.68. The molecular formula is C20H25N3O5S. The summed E-state index contributed by atoms with van der Waals surface area (Å²) in [6.45, 7) is 5.40. The minimum atomic E-state index is -4.14. The van der Waals surface area contributed by atoms with E-state index >= 15 is 0 Å². The van der Waals surface area contributed by atoms with E-state index < -0.39 is 32.4 Å². The van der Waals surface area contributed by atoms with E-state index in [1.54, 1.807) is 20.8 Å². The molecule has 0 saturated heterocycles. The van der Waals surface area contributed by atoms with Gasteiger partial charge in [-0.1, -0.05) is 36.4 Å². The van der Waals surface area contributed by atoms with Gasteiger partial charge in [0.15, 0.2) is 0 Å². The number of carbonyl (C=O) groups is 1. The highest BCUT2D eigenvalue weighted by atomic mass is 32.2. The van der Waals surface area contributed by atoms with Crippen molar-refractivity contribution in [3.05, 3.63) is 70.3 Å². The topological polar surface area (TPSA) is 118 Å². The highest BCUT2D eigenvalue weighted by Crippen LogP contribution is 2.18. The largest absolute Gasteiger partial charge is 0.350 e. The van der Waals surface area contributed by atoms with E-state index in [2.05, 4.69) is 10.0 Å². The normalized spacial score (nSPS) is 12.9. The quantitative estimate of drug-likeness (QED) is 0.504. The van der Waals surface area contributed by atoms with Crippen molar-refractivity contribution in [1.82, 2.24) is 10.0 Å². The molecule has 0 aliphatic heterocycles. The molecule has 0 bridgehead atoms. The van der Waals surface area contributed by atoms with Crippen LogP contribution in [0, 0.1) is 10.1 Å². The van der Waals surface area contributed by atoms with Crippen molar-refractivity contribution in [2.24, 2.45) is 0 Å². The maximum Gasteiger partial charge on any atom is 0.270 e. The Labute approximate surface area is 170 Å². The van der Waals surface area contributed by atoms with Crippen LogP contribution in [0.25, 0.3) is 0 Å². The Balaban J connectivity index is 2.26. The Morgan fingerprint density at radius 3 is 2.34 bits per heavy atom. The highest BCUT2D eigenvalue weighted by molar-refractivity contribution is 7.89. The number of hydrogen-bond donors (Lipinski definition) is 2. The first kappa shape index (κ1) is 22.5. The third-order valence-corrected chi connectivity index (χ3v) is 5.48. The van der Waals surface area contributed by atoms with Gasteiger partial charge in [0.25, 0.3) is 5.69 Å². The number of carbonyl (C=O) groups excluding carboxylic acids is 1.